The van der Waals surface area contributed by atoms with E-state index in [4.69, 9.17) is 10.5 Å². The highest BCUT2D eigenvalue weighted by Gasteiger charge is 2.00. The first-order valence-corrected chi connectivity index (χ1v) is 6.81. The first kappa shape index (κ1) is 14.3. The molecule has 0 radical (unpaired) electrons. The molecule has 1 aromatic carbocycles. The van der Waals surface area contributed by atoms with Crippen molar-refractivity contribution in [1.82, 2.24) is 10.3 Å². The Kier molecular flexibility index (Phi) is 5.38. The fourth-order valence-electron chi connectivity index (χ4n) is 2.09. The van der Waals surface area contributed by atoms with Crippen molar-refractivity contribution >= 4 is 5.69 Å². The number of ether oxygens (including phenoxy) is 1. The van der Waals surface area contributed by atoms with E-state index >= 15 is 0 Å². The quantitative estimate of drug-likeness (QED) is 0.599. The summed E-state index contributed by atoms with van der Waals surface area (Å²) in [6.45, 7) is 1.83. The van der Waals surface area contributed by atoms with Crippen LogP contribution in [-0.4, -0.2) is 18.6 Å². The van der Waals surface area contributed by atoms with E-state index in [1.807, 2.05) is 24.4 Å². The molecular formula is C16H21N3O. The van der Waals surface area contributed by atoms with Crippen molar-refractivity contribution in [3.8, 4) is 5.75 Å². The third-order valence-electron chi connectivity index (χ3n) is 3.17. The summed E-state index contributed by atoms with van der Waals surface area (Å²) in [7, 11) is 1.63. The molecule has 4 heteroatoms. The van der Waals surface area contributed by atoms with Crippen LogP contribution in [0.2, 0.25) is 0 Å². The minimum Gasteiger partial charge on any atom is -0.495 e. The fraction of sp³-hybridized carbons (Fsp3) is 0.312. The van der Waals surface area contributed by atoms with E-state index in [1.165, 1.54) is 11.1 Å². The molecule has 0 spiro atoms. The summed E-state index contributed by atoms with van der Waals surface area (Å²) in [5.41, 5.74) is 9.04. The number of aromatic nitrogens is 1. The summed E-state index contributed by atoms with van der Waals surface area (Å²) in [6, 6.07) is 10.0. The van der Waals surface area contributed by atoms with Gasteiger partial charge in [-0.15, -0.1) is 0 Å². The summed E-state index contributed by atoms with van der Waals surface area (Å²) < 4.78 is 5.15. The Morgan fingerprint density at radius 2 is 2.15 bits per heavy atom. The highest BCUT2D eigenvalue weighted by Crippen LogP contribution is 2.22. The zero-order valence-corrected chi connectivity index (χ0v) is 11.8. The van der Waals surface area contributed by atoms with Crippen molar-refractivity contribution in [3.05, 3.63) is 53.9 Å². The van der Waals surface area contributed by atoms with Gasteiger partial charge in [-0.05, 0) is 48.7 Å². The number of rotatable bonds is 7. The molecule has 0 saturated heterocycles. The monoisotopic (exact) mass is 271 g/mol. The molecule has 0 atom stereocenters. The first-order chi connectivity index (χ1) is 9.79. The van der Waals surface area contributed by atoms with Crippen molar-refractivity contribution in [3.63, 3.8) is 0 Å². The number of anilines is 1. The molecule has 2 aromatic rings. The number of methoxy groups -OCH3 is 1. The van der Waals surface area contributed by atoms with Crippen molar-refractivity contribution < 1.29 is 4.74 Å². The molecule has 2 rings (SSSR count). The molecule has 0 fully saturated rings. The number of nitrogens with zero attached hydrogens (tertiary/aromatic N) is 1. The summed E-state index contributed by atoms with van der Waals surface area (Å²) in [5.74, 6) is 0.739. The summed E-state index contributed by atoms with van der Waals surface area (Å²) in [5, 5.41) is 3.41. The molecule has 0 bridgehead atoms. The second kappa shape index (κ2) is 7.50. The van der Waals surface area contributed by atoms with Gasteiger partial charge in [0.2, 0.25) is 0 Å². The molecule has 0 aliphatic carbocycles. The SMILES string of the molecule is COc1ccc(CCCNCc2cccnc2)cc1N. The topological polar surface area (TPSA) is 60.2 Å². The lowest BCUT2D eigenvalue weighted by atomic mass is 10.1. The maximum absolute atomic E-state index is 5.89. The number of hydrogen-bond donors (Lipinski definition) is 2. The third kappa shape index (κ3) is 4.24. The molecule has 3 N–H and O–H groups in total. The zero-order valence-electron chi connectivity index (χ0n) is 11.8. The van der Waals surface area contributed by atoms with Crippen LogP contribution in [0, 0.1) is 0 Å². The molecule has 20 heavy (non-hydrogen) atoms. The van der Waals surface area contributed by atoms with Crippen molar-refractivity contribution in [1.29, 1.82) is 0 Å². The van der Waals surface area contributed by atoms with Gasteiger partial charge in [0.15, 0.2) is 0 Å². The van der Waals surface area contributed by atoms with E-state index in [0.717, 1.165) is 31.7 Å². The van der Waals surface area contributed by atoms with Crippen LogP contribution in [0.1, 0.15) is 17.5 Å². The van der Waals surface area contributed by atoms with Crippen LogP contribution >= 0.6 is 0 Å². The molecule has 4 nitrogen and oxygen atoms in total. The largest absolute Gasteiger partial charge is 0.495 e. The van der Waals surface area contributed by atoms with E-state index in [0.29, 0.717) is 5.69 Å². The number of benzene rings is 1. The standard InChI is InChI=1S/C16H21N3O/c1-20-16-7-6-13(10-15(16)17)4-2-8-18-11-14-5-3-9-19-12-14/h3,5-7,9-10,12,18H,2,4,8,11,17H2,1H3. The maximum atomic E-state index is 5.89. The summed E-state index contributed by atoms with van der Waals surface area (Å²) in [4.78, 5) is 4.09. The smallest absolute Gasteiger partial charge is 0.141 e. The van der Waals surface area contributed by atoms with Crippen LogP contribution in [0.4, 0.5) is 5.69 Å². The molecule has 106 valence electrons. The van der Waals surface area contributed by atoms with Crippen LogP contribution in [0.3, 0.4) is 0 Å². The van der Waals surface area contributed by atoms with Gasteiger partial charge in [0, 0.05) is 18.9 Å². The second-order valence-corrected chi connectivity index (χ2v) is 4.72. The predicted molar refractivity (Wildman–Crippen MR) is 81.7 cm³/mol. The summed E-state index contributed by atoms with van der Waals surface area (Å²) in [6.07, 6.45) is 5.76. The average molecular weight is 271 g/mol. The van der Waals surface area contributed by atoms with Gasteiger partial charge in [-0.1, -0.05) is 12.1 Å². The van der Waals surface area contributed by atoms with Gasteiger partial charge in [-0.25, -0.2) is 0 Å². The maximum Gasteiger partial charge on any atom is 0.141 e. The van der Waals surface area contributed by atoms with Gasteiger partial charge in [-0.3, -0.25) is 4.98 Å². The Labute approximate surface area is 120 Å². The van der Waals surface area contributed by atoms with Gasteiger partial charge in [-0.2, -0.15) is 0 Å². The average Bonchev–Trinajstić information content (AvgIpc) is 2.48. The van der Waals surface area contributed by atoms with Crippen LogP contribution in [0.15, 0.2) is 42.7 Å². The number of pyridine rings is 1. The van der Waals surface area contributed by atoms with Gasteiger partial charge in [0.05, 0.1) is 12.8 Å². The molecule has 1 aromatic heterocycles. The zero-order chi connectivity index (χ0) is 14.2. The van der Waals surface area contributed by atoms with Crippen molar-refractivity contribution in [2.24, 2.45) is 0 Å². The van der Waals surface area contributed by atoms with Crippen molar-refractivity contribution in [2.45, 2.75) is 19.4 Å². The van der Waals surface area contributed by atoms with Crippen LogP contribution < -0.4 is 15.8 Å². The molecule has 0 saturated carbocycles. The van der Waals surface area contributed by atoms with E-state index in [1.54, 1.807) is 13.3 Å². The van der Waals surface area contributed by atoms with E-state index in [9.17, 15) is 0 Å². The van der Waals surface area contributed by atoms with Gasteiger partial charge >= 0.3 is 0 Å². The van der Waals surface area contributed by atoms with E-state index in [2.05, 4.69) is 22.4 Å². The molecule has 1 heterocycles. The number of aryl methyl sites for hydroxylation is 1. The minimum atomic E-state index is 0.702. The number of hydrogen-bond acceptors (Lipinski definition) is 4. The van der Waals surface area contributed by atoms with Crippen molar-refractivity contribution in [2.75, 3.05) is 19.4 Å². The Hall–Kier alpha value is -2.07. The highest BCUT2D eigenvalue weighted by molar-refractivity contribution is 5.54. The first-order valence-electron chi connectivity index (χ1n) is 6.81. The number of nitrogens with two attached hydrogens (primary N) is 1. The Morgan fingerprint density at radius 3 is 2.85 bits per heavy atom. The lowest BCUT2D eigenvalue weighted by molar-refractivity contribution is 0.417. The molecule has 0 amide bonds. The van der Waals surface area contributed by atoms with Crippen LogP contribution in [0.25, 0.3) is 0 Å². The van der Waals surface area contributed by atoms with Gasteiger partial charge < -0.3 is 15.8 Å². The lowest BCUT2D eigenvalue weighted by Gasteiger charge is -2.08. The lowest BCUT2D eigenvalue weighted by Crippen LogP contribution is -2.15. The van der Waals surface area contributed by atoms with E-state index < -0.39 is 0 Å². The van der Waals surface area contributed by atoms with Gasteiger partial charge in [0.25, 0.3) is 0 Å². The molecule has 0 aliphatic rings. The predicted octanol–water partition coefficient (Wildman–Crippen LogP) is 2.39. The Morgan fingerprint density at radius 1 is 1.25 bits per heavy atom. The molecular weight excluding hydrogens is 250 g/mol. The Balaban J connectivity index is 1.69. The van der Waals surface area contributed by atoms with E-state index in [-0.39, 0.29) is 0 Å². The third-order valence-corrected chi connectivity index (χ3v) is 3.17. The van der Waals surface area contributed by atoms with Gasteiger partial charge in [0.1, 0.15) is 5.75 Å². The molecule has 0 aliphatic heterocycles. The Bertz CT molecular complexity index is 529. The second-order valence-electron chi connectivity index (χ2n) is 4.72. The number of nitrogens with one attached hydrogen (secondary N) is 1. The van der Waals surface area contributed by atoms with Crippen LogP contribution in [0.5, 0.6) is 5.75 Å². The normalized spacial score (nSPS) is 10.4. The summed E-state index contributed by atoms with van der Waals surface area (Å²) >= 11 is 0. The van der Waals surface area contributed by atoms with Crippen LogP contribution in [-0.2, 0) is 13.0 Å². The fourth-order valence-corrected chi connectivity index (χ4v) is 2.09. The number of nitrogen functional groups attached to an aromatic ring is 1. The molecule has 0 unspecified atom stereocenters. The highest BCUT2D eigenvalue weighted by atomic mass is 16.5. The minimum absolute atomic E-state index is 0.702.